The first-order valence-electron chi connectivity index (χ1n) is 3.21. The van der Waals surface area contributed by atoms with Gasteiger partial charge in [0.15, 0.2) is 5.78 Å². The van der Waals surface area contributed by atoms with Crippen LogP contribution in [0.25, 0.3) is 0 Å². The van der Waals surface area contributed by atoms with Crippen LogP contribution in [0.3, 0.4) is 0 Å². The van der Waals surface area contributed by atoms with Crippen LogP contribution in [0.5, 0.6) is 0 Å². The lowest BCUT2D eigenvalue weighted by atomic mass is 9.96. The summed E-state index contributed by atoms with van der Waals surface area (Å²) in [6.45, 7) is 8.15. The molecule has 11 heavy (non-hydrogen) atoms. The number of hydrogen-bond donors (Lipinski definition) is 0. The van der Waals surface area contributed by atoms with Gasteiger partial charge < -0.3 is 0 Å². The number of carbonyl (C=O) groups is 1. The van der Waals surface area contributed by atoms with E-state index in [1.54, 1.807) is 20.8 Å². The maximum Gasteiger partial charge on any atom is 0.235 e. The fraction of sp³-hybridized carbons (Fsp3) is 0.500. The van der Waals surface area contributed by atoms with Crippen LogP contribution in [0.1, 0.15) is 20.8 Å². The first-order valence-corrected chi connectivity index (χ1v) is 3.21. The molecule has 0 saturated carbocycles. The van der Waals surface area contributed by atoms with Gasteiger partial charge in [0.1, 0.15) is 5.54 Å². The largest absolute Gasteiger partial charge is 0.292 e. The summed E-state index contributed by atoms with van der Waals surface area (Å²) in [5.74, 6) is -0.235. The van der Waals surface area contributed by atoms with Crippen molar-refractivity contribution in [1.29, 1.82) is 0 Å². The van der Waals surface area contributed by atoms with Crippen molar-refractivity contribution in [3.63, 3.8) is 0 Å². The molecule has 0 saturated heterocycles. The summed E-state index contributed by atoms with van der Waals surface area (Å²) in [4.78, 5) is 24.4. The summed E-state index contributed by atoms with van der Waals surface area (Å²) >= 11 is 0. The number of Topliss-reactive ketones (excluding diaryl/α,β-unsaturated/α-hetero) is 1. The highest BCUT2D eigenvalue weighted by Crippen LogP contribution is 2.13. The van der Waals surface area contributed by atoms with Crippen LogP contribution in [-0.4, -0.2) is 17.4 Å². The second-order valence-corrected chi connectivity index (χ2v) is 2.87. The van der Waals surface area contributed by atoms with E-state index in [0.29, 0.717) is 5.57 Å². The van der Waals surface area contributed by atoms with E-state index in [1.165, 1.54) is 6.08 Å². The molecule has 0 rings (SSSR count). The molecular weight excluding hydrogens is 142 g/mol. The molecule has 0 aromatic rings. The number of carbonyl (C=O) groups excluding carboxylic acids is 2. The van der Waals surface area contributed by atoms with E-state index in [0.717, 1.165) is 0 Å². The van der Waals surface area contributed by atoms with Gasteiger partial charge in [-0.15, -0.1) is 0 Å². The number of hydrogen-bond acceptors (Lipinski definition) is 3. The molecule has 0 aliphatic heterocycles. The molecule has 0 spiro atoms. The third-order valence-corrected chi connectivity index (χ3v) is 1.27. The van der Waals surface area contributed by atoms with Gasteiger partial charge in [0.25, 0.3) is 0 Å². The average molecular weight is 153 g/mol. The summed E-state index contributed by atoms with van der Waals surface area (Å²) in [5, 5.41) is 0. The molecule has 0 aliphatic rings. The third kappa shape index (κ3) is 2.48. The van der Waals surface area contributed by atoms with Gasteiger partial charge in [-0.1, -0.05) is 6.58 Å². The zero-order chi connectivity index (χ0) is 9.07. The van der Waals surface area contributed by atoms with Crippen molar-refractivity contribution < 1.29 is 9.59 Å². The molecule has 0 aromatic carbocycles. The summed E-state index contributed by atoms with van der Waals surface area (Å²) in [6, 6.07) is 0. The summed E-state index contributed by atoms with van der Waals surface area (Å²) in [5.41, 5.74) is -0.609. The zero-order valence-corrected chi connectivity index (χ0v) is 6.97. The standard InChI is InChI=1S/C8H11NO2/c1-6(2)7(11)8(3,4)9-5-10/h1H2,2-4H3. The SMILES string of the molecule is C=C(C)C(=O)C(C)(C)N=C=O. The van der Waals surface area contributed by atoms with Crippen LogP contribution in [-0.2, 0) is 9.59 Å². The van der Waals surface area contributed by atoms with E-state index in [1.807, 2.05) is 0 Å². The van der Waals surface area contributed by atoms with E-state index in [4.69, 9.17) is 0 Å². The number of aliphatic imine (C=N–C) groups is 1. The van der Waals surface area contributed by atoms with E-state index >= 15 is 0 Å². The molecule has 0 bridgehead atoms. The van der Waals surface area contributed by atoms with Crippen LogP contribution in [0.2, 0.25) is 0 Å². The Kier molecular flexibility index (Phi) is 2.90. The first kappa shape index (κ1) is 9.79. The minimum atomic E-state index is -1.01. The van der Waals surface area contributed by atoms with Gasteiger partial charge in [-0.2, -0.15) is 4.99 Å². The molecule has 0 heterocycles. The Morgan fingerprint density at radius 2 is 2.00 bits per heavy atom. The smallest absolute Gasteiger partial charge is 0.235 e. The Hall–Kier alpha value is -1.21. The van der Waals surface area contributed by atoms with E-state index < -0.39 is 5.54 Å². The van der Waals surface area contributed by atoms with Crippen molar-refractivity contribution in [2.24, 2.45) is 4.99 Å². The Balaban J connectivity index is 4.69. The molecule has 0 atom stereocenters. The number of rotatable bonds is 3. The van der Waals surface area contributed by atoms with Gasteiger partial charge in [0.05, 0.1) is 0 Å². The highest BCUT2D eigenvalue weighted by Gasteiger charge is 2.26. The Labute approximate surface area is 65.8 Å². The van der Waals surface area contributed by atoms with E-state index in [-0.39, 0.29) is 5.78 Å². The van der Waals surface area contributed by atoms with Crippen molar-refractivity contribution in [3.8, 4) is 0 Å². The minimum Gasteiger partial charge on any atom is -0.292 e. The van der Waals surface area contributed by atoms with Crippen LogP contribution in [0.15, 0.2) is 17.1 Å². The normalized spacial score (nSPS) is 10.1. The molecular formula is C8H11NO2. The Morgan fingerprint density at radius 3 is 2.27 bits per heavy atom. The lowest BCUT2D eigenvalue weighted by molar-refractivity contribution is -0.119. The second-order valence-electron chi connectivity index (χ2n) is 2.87. The molecule has 0 N–H and O–H groups in total. The number of nitrogens with zero attached hydrogens (tertiary/aromatic N) is 1. The van der Waals surface area contributed by atoms with Gasteiger partial charge in [-0.25, -0.2) is 4.79 Å². The molecule has 0 fully saturated rings. The fourth-order valence-corrected chi connectivity index (χ4v) is 0.687. The zero-order valence-electron chi connectivity index (χ0n) is 6.97. The Morgan fingerprint density at radius 1 is 1.55 bits per heavy atom. The van der Waals surface area contributed by atoms with Crippen LogP contribution in [0, 0.1) is 0 Å². The van der Waals surface area contributed by atoms with E-state index in [2.05, 4.69) is 11.6 Å². The van der Waals surface area contributed by atoms with Gasteiger partial charge in [0, 0.05) is 0 Å². The van der Waals surface area contributed by atoms with Crippen molar-refractivity contribution in [2.45, 2.75) is 26.3 Å². The van der Waals surface area contributed by atoms with Crippen molar-refractivity contribution in [1.82, 2.24) is 0 Å². The van der Waals surface area contributed by atoms with Gasteiger partial charge >= 0.3 is 0 Å². The quantitative estimate of drug-likeness (QED) is 0.348. The topological polar surface area (TPSA) is 46.5 Å². The first-order chi connectivity index (χ1) is 4.91. The molecule has 0 aromatic heterocycles. The minimum absolute atomic E-state index is 0.235. The van der Waals surface area contributed by atoms with Crippen molar-refractivity contribution in [3.05, 3.63) is 12.2 Å². The second kappa shape index (κ2) is 3.26. The summed E-state index contributed by atoms with van der Waals surface area (Å²) in [6.07, 6.45) is 1.36. The maximum atomic E-state index is 11.2. The third-order valence-electron chi connectivity index (χ3n) is 1.27. The highest BCUT2D eigenvalue weighted by molar-refractivity contribution is 6.01. The van der Waals surface area contributed by atoms with Crippen LogP contribution >= 0.6 is 0 Å². The molecule has 60 valence electrons. The Bertz CT molecular complexity index is 234. The molecule has 3 heteroatoms. The van der Waals surface area contributed by atoms with Crippen molar-refractivity contribution in [2.75, 3.05) is 0 Å². The highest BCUT2D eigenvalue weighted by atomic mass is 16.1. The number of ketones is 1. The average Bonchev–Trinajstić information content (AvgIpc) is 1.86. The molecule has 0 amide bonds. The molecule has 0 aliphatic carbocycles. The predicted octanol–water partition coefficient (Wildman–Crippen LogP) is 1.25. The van der Waals surface area contributed by atoms with Crippen LogP contribution in [0.4, 0.5) is 0 Å². The predicted molar refractivity (Wildman–Crippen MR) is 42.0 cm³/mol. The summed E-state index contributed by atoms with van der Waals surface area (Å²) < 4.78 is 0. The lowest BCUT2D eigenvalue weighted by Gasteiger charge is -2.14. The van der Waals surface area contributed by atoms with Gasteiger partial charge in [-0.05, 0) is 26.3 Å². The summed E-state index contributed by atoms with van der Waals surface area (Å²) in [7, 11) is 0. The van der Waals surface area contributed by atoms with Crippen molar-refractivity contribution >= 4 is 11.9 Å². The molecule has 0 radical (unpaired) electrons. The lowest BCUT2D eigenvalue weighted by Crippen LogP contribution is -2.29. The van der Waals surface area contributed by atoms with Gasteiger partial charge in [-0.3, -0.25) is 4.79 Å². The van der Waals surface area contributed by atoms with Crippen LogP contribution < -0.4 is 0 Å². The van der Waals surface area contributed by atoms with E-state index in [9.17, 15) is 9.59 Å². The maximum absolute atomic E-state index is 11.2. The monoisotopic (exact) mass is 153 g/mol. The van der Waals surface area contributed by atoms with Gasteiger partial charge in [0.2, 0.25) is 6.08 Å². The molecule has 0 unspecified atom stereocenters. The fourth-order valence-electron chi connectivity index (χ4n) is 0.687. The molecule has 3 nitrogen and oxygen atoms in total. The number of isocyanates is 1.